The van der Waals surface area contributed by atoms with E-state index in [1.54, 1.807) is 18.3 Å². The number of carbonyl (C=O) groups excluding carboxylic acids is 1. The summed E-state index contributed by atoms with van der Waals surface area (Å²) >= 11 is 0. The molecule has 86 valence electrons. The Balaban J connectivity index is 2.32. The summed E-state index contributed by atoms with van der Waals surface area (Å²) in [5.41, 5.74) is 13.1. The number of anilines is 2. The molecule has 1 heterocycles. The second-order valence-corrected chi connectivity index (χ2v) is 3.54. The highest BCUT2D eigenvalue weighted by Crippen LogP contribution is 2.22. The van der Waals surface area contributed by atoms with E-state index >= 15 is 0 Å². The molecule has 0 spiro atoms. The lowest BCUT2D eigenvalue weighted by atomic mass is 10.1. The number of hydrogen-bond acceptors (Lipinski definition) is 3. The number of hydrogen-bond donors (Lipinski definition) is 3. The molecule has 0 unspecified atom stereocenters. The molecule has 1 aromatic carbocycles. The van der Waals surface area contributed by atoms with Crippen molar-refractivity contribution in [2.45, 2.75) is 0 Å². The van der Waals surface area contributed by atoms with Crippen LogP contribution in [-0.4, -0.2) is 11.0 Å². The molecule has 5 N–H and O–H groups in total. The number of amides is 2. The largest absolute Gasteiger partial charge is 0.384 e. The molecule has 1 aromatic heterocycles. The van der Waals surface area contributed by atoms with Crippen molar-refractivity contribution in [3.05, 3.63) is 42.6 Å². The van der Waals surface area contributed by atoms with Gasteiger partial charge in [0.05, 0.1) is 0 Å². The molecule has 0 aliphatic heterocycles. The highest BCUT2D eigenvalue weighted by molar-refractivity contribution is 5.88. The van der Waals surface area contributed by atoms with Crippen LogP contribution in [0, 0.1) is 0 Å². The van der Waals surface area contributed by atoms with Crippen LogP contribution in [0.4, 0.5) is 16.3 Å². The Hall–Kier alpha value is -2.56. The summed E-state index contributed by atoms with van der Waals surface area (Å²) in [5.74, 6) is 0.472. The van der Waals surface area contributed by atoms with Crippen LogP contribution >= 0.6 is 0 Å². The van der Waals surface area contributed by atoms with Crippen molar-refractivity contribution in [3.8, 4) is 11.1 Å². The Morgan fingerprint density at radius 2 is 2.00 bits per heavy atom. The maximum atomic E-state index is 10.7. The molecule has 0 atom stereocenters. The van der Waals surface area contributed by atoms with Crippen LogP contribution in [-0.2, 0) is 0 Å². The second kappa shape index (κ2) is 4.52. The number of nitrogens with two attached hydrogens (primary N) is 2. The zero-order chi connectivity index (χ0) is 12.3. The van der Waals surface area contributed by atoms with Gasteiger partial charge < -0.3 is 16.8 Å². The Kier molecular flexibility index (Phi) is 2.91. The molecule has 2 aromatic rings. The highest BCUT2D eigenvalue weighted by Gasteiger charge is 2.01. The van der Waals surface area contributed by atoms with Crippen molar-refractivity contribution >= 4 is 17.5 Å². The molecule has 0 bridgehead atoms. The lowest BCUT2D eigenvalue weighted by Gasteiger charge is -2.05. The van der Waals surface area contributed by atoms with E-state index in [-0.39, 0.29) is 0 Å². The topological polar surface area (TPSA) is 94.0 Å². The van der Waals surface area contributed by atoms with E-state index in [1.807, 2.05) is 24.3 Å². The first-order valence-corrected chi connectivity index (χ1v) is 5.03. The summed E-state index contributed by atoms with van der Waals surface area (Å²) in [6.45, 7) is 0. The van der Waals surface area contributed by atoms with E-state index in [9.17, 15) is 4.79 Å². The molecule has 0 aliphatic rings. The molecule has 17 heavy (non-hydrogen) atoms. The fourth-order valence-electron chi connectivity index (χ4n) is 1.49. The Morgan fingerprint density at radius 3 is 2.65 bits per heavy atom. The third-order valence-corrected chi connectivity index (χ3v) is 2.25. The van der Waals surface area contributed by atoms with Crippen molar-refractivity contribution in [1.82, 2.24) is 4.98 Å². The predicted molar refractivity (Wildman–Crippen MR) is 67.3 cm³/mol. The maximum absolute atomic E-state index is 10.7. The van der Waals surface area contributed by atoms with E-state index in [2.05, 4.69) is 10.3 Å². The number of nitrogens with zero attached hydrogens (tertiary/aromatic N) is 1. The average Bonchev–Trinajstić information content (AvgIpc) is 2.29. The van der Waals surface area contributed by atoms with Gasteiger partial charge >= 0.3 is 6.03 Å². The van der Waals surface area contributed by atoms with Crippen molar-refractivity contribution in [2.75, 3.05) is 11.1 Å². The van der Waals surface area contributed by atoms with Crippen LogP contribution < -0.4 is 16.8 Å². The molecule has 5 heteroatoms. The van der Waals surface area contributed by atoms with Gasteiger partial charge in [-0.1, -0.05) is 12.1 Å². The third-order valence-electron chi connectivity index (χ3n) is 2.25. The summed E-state index contributed by atoms with van der Waals surface area (Å²) in [6.07, 6.45) is 1.68. The molecular formula is C12H12N4O. The fourth-order valence-corrected chi connectivity index (χ4v) is 1.49. The van der Waals surface area contributed by atoms with Crippen LogP contribution in [0.15, 0.2) is 42.6 Å². The number of pyridine rings is 1. The summed E-state index contributed by atoms with van der Waals surface area (Å²) in [6, 6.07) is 10.3. The summed E-state index contributed by atoms with van der Waals surface area (Å²) in [5, 5.41) is 2.52. The van der Waals surface area contributed by atoms with Gasteiger partial charge in [-0.2, -0.15) is 0 Å². The molecule has 0 saturated carbocycles. The van der Waals surface area contributed by atoms with Crippen LogP contribution in [0.1, 0.15) is 0 Å². The number of benzene rings is 1. The predicted octanol–water partition coefficient (Wildman–Crippen LogP) is 1.82. The number of urea groups is 1. The number of nitrogen functional groups attached to an aromatic ring is 1. The minimum Gasteiger partial charge on any atom is -0.384 e. The van der Waals surface area contributed by atoms with E-state index in [1.165, 1.54) is 0 Å². The minimum atomic E-state index is -0.586. The minimum absolute atomic E-state index is 0.472. The van der Waals surface area contributed by atoms with Crippen LogP contribution in [0.2, 0.25) is 0 Å². The Labute approximate surface area is 98.5 Å². The van der Waals surface area contributed by atoms with Gasteiger partial charge in [-0.3, -0.25) is 0 Å². The standard InChI is InChI=1S/C12H12N4O/c13-11-5-4-9(7-15-11)8-2-1-3-10(6-8)16-12(14)17/h1-7H,(H2,13,15)(H3,14,16,17). The van der Waals surface area contributed by atoms with Crippen LogP contribution in [0.25, 0.3) is 11.1 Å². The Morgan fingerprint density at radius 1 is 1.18 bits per heavy atom. The molecule has 2 amide bonds. The molecular weight excluding hydrogens is 216 g/mol. The van der Waals surface area contributed by atoms with Gasteiger partial charge in [0.25, 0.3) is 0 Å². The monoisotopic (exact) mass is 228 g/mol. The zero-order valence-electron chi connectivity index (χ0n) is 9.05. The molecule has 0 aliphatic carbocycles. The van der Waals surface area contributed by atoms with Gasteiger partial charge in [0.2, 0.25) is 0 Å². The van der Waals surface area contributed by atoms with E-state index < -0.39 is 6.03 Å². The quantitative estimate of drug-likeness (QED) is 0.731. The SMILES string of the molecule is NC(=O)Nc1cccc(-c2ccc(N)nc2)c1. The molecule has 0 saturated heterocycles. The van der Waals surface area contributed by atoms with Gasteiger partial charge in [-0.05, 0) is 29.8 Å². The van der Waals surface area contributed by atoms with Crippen molar-refractivity contribution in [2.24, 2.45) is 5.73 Å². The van der Waals surface area contributed by atoms with E-state index in [4.69, 9.17) is 11.5 Å². The second-order valence-electron chi connectivity index (χ2n) is 3.54. The number of nitrogens with one attached hydrogen (secondary N) is 1. The van der Waals surface area contributed by atoms with Gasteiger partial charge in [0.15, 0.2) is 0 Å². The lowest BCUT2D eigenvalue weighted by Crippen LogP contribution is -2.19. The number of primary amides is 1. The Bertz CT molecular complexity index is 536. The molecule has 0 radical (unpaired) electrons. The smallest absolute Gasteiger partial charge is 0.316 e. The van der Waals surface area contributed by atoms with Gasteiger partial charge in [0.1, 0.15) is 5.82 Å². The zero-order valence-corrected chi connectivity index (χ0v) is 9.05. The first-order chi connectivity index (χ1) is 8.15. The molecule has 5 nitrogen and oxygen atoms in total. The van der Waals surface area contributed by atoms with Crippen LogP contribution in [0.3, 0.4) is 0 Å². The average molecular weight is 228 g/mol. The number of carbonyl (C=O) groups is 1. The summed E-state index contributed by atoms with van der Waals surface area (Å²) in [7, 11) is 0. The van der Waals surface area contributed by atoms with E-state index in [0.29, 0.717) is 11.5 Å². The first kappa shape index (κ1) is 10.9. The number of rotatable bonds is 2. The number of aromatic nitrogens is 1. The summed E-state index contributed by atoms with van der Waals surface area (Å²) < 4.78 is 0. The lowest BCUT2D eigenvalue weighted by molar-refractivity contribution is 0.259. The van der Waals surface area contributed by atoms with Crippen molar-refractivity contribution in [3.63, 3.8) is 0 Å². The van der Waals surface area contributed by atoms with E-state index in [0.717, 1.165) is 11.1 Å². The van der Waals surface area contributed by atoms with Gasteiger partial charge in [-0.25, -0.2) is 9.78 Å². The van der Waals surface area contributed by atoms with Crippen molar-refractivity contribution in [1.29, 1.82) is 0 Å². The van der Waals surface area contributed by atoms with Gasteiger partial charge in [-0.15, -0.1) is 0 Å². The van der Waals surface area contributed by atoms with Gasteiger partial charge in [0, 0.05) is 17.4 Å². The van der Waals surface area contributed by atoms with Crippen LogP contribution in [0.5, 0.6) is 0 Å². The first-order valence-electron chi connectivity index (χ1n) is 5.03. The normalized spacial score (nSPS) is 9.88. The fraction of sp³-hybridized carbons (Fsp3) is 0. The van der Waals surface area contributed by atoms with Crippen molar-refractivity contribution < 1.29 is 4.79 Å². The third kappa shape index (κ3) is 2.72. The maximum Gasteiger partial charge on any atom is 0.316 e. The highest BCUT2D eigenvalue weighted by atomic mass is 16.2. The molecule has 0 fully saturated rings. The summed E-state index contributed by atoms with van der Waals surface area (Å²) in [4.78, 5) is 14.8. The molecule has 2 rings (SSSR count).